The lowest BCUT2D eigenvalue weighted by Gasteiger charge is -2.25. The Morgan fingerprint density at radius 2 is 1.64 bits per heavy atom. The summed E-state index contributed by atoms with van der Waals surface area (Å²) in [6, 6.07) is 13.6. The van der Waals surface area contributed by atoms with Crippen molar-refractivity contribution in [1.29, 1.82) is 0 Å². The number of hydrogen-bond acceptors (Lipinski definition) is 2. The molecule has 1 saturated carbocycles. The number of aliphatic hydroxyl groups excluding tert-OH is 1. The maximum atomic E-state index is 10.6. The molecule has 2 aromatic rings. The minimum Gasteiger partial charge on any atom is -0.507 e. The molecule has 1 aliphatic rings. The summed E-state index contributed by atoms with van der Waals surface area (Å²) in [5, 5.41) is 21.2. The SMILES string of the molecule is Cc1c(C(O)c2ccccc2)ccc(C2CCCCC2)c1O. The van der Waals surface area contributed by atoms with Crippen LogP contribution in [-0.4, -0.2) is 10.2 Å². The summed E-state index contributed by atoms with van der Waals surface area (Å²) in [6.45, 7) is 1.91. The van der Waals surface area contributed by atoms with Crippen molar-refractivity contribution in [2.45, 2.75) is 51.0 Å². The highest BCUT2D eigenvalue weighted by Crippen LogP contribution is 2.40. The summed E-state index contributed by atoms with van der Waals surface area (Å²) in [5.74, 6) is 0.842. The number of aliphatic hydroxyl groups is 1. The van der Waals surface area contributed by atoms with Crippen LogP contribution in [0.25, 0.3) is 0 Å². The van der Waals surface area contributed by atoms with E-state index in [1.807, 2.05) is 49.4 Å². The average Bonchev–Trinajstić information content (AvgIpc) is 2.58. The van der Waals surface area contributed by atoms with Crippen molar-refractivity contribution in [3.63, 3.8) is 0 Å². The predicted molar refractivity (Wildman–Crippen MR) is 89.2 cm³/mol. The third-order valence-corrected chi connectivity index (χ3v) is 4.96. The molecule has 2 heteroatoms. The average molecular weight is 296 g/mol. The lowest BCUT2D eigenvalue weighted by molar-refractivity contribution is 0.219. The minimum atomic E-state index is -0.687. The van der Waals surface area contributed by atoms with Crippen LogP contribution in [0.4, 0.5) is 0 Å². The normalized spacial score (nSPS) is 17.4. The summed E-state index contributed by atoms with van der Waals surface area (Å²) >= 11 is 0. The molecule has 2 nitrogen and oxygen atoms in total. The molecule has 1 aliphatic carbocycles. The Bertz CT molecular complexity index is 628. The number of rotatable bonds is 3. The third-order valence-electron chi connectivity index (χ3n) is 4.96. The fourth-order valence-corrected chi connectivity index (χ4v) is 3.59. The Morgan fingerprint density at radius 3 is 2.32 bits per heavy atom. The van der Waals surface area contributed by atoms with Gasteiger partial charge < -0.3 is 10.2 Å². The topological polar surface area (TPSA) is 40.5 Å². The zero-order chi connectivity index (χ0) is 15.5. The fraction of sp³-hybridized carbons (Fsp3) is 0.400. The van der Waals surface area contributed by atoms with Crippen molar-refractivity contribution >= 4 is 0 Å². The van der Waals surface area contributed by atoms with E-state index >= 15 is 0 Å². The van der Waals surface area contributed by atoms with Crippen LogP contribution in [0.1, 0.15) is 66.4 Å². The molecule has 0 heterocycles. The lowest BCUT2D eigenvalue weighted by Crippen LogP contribution is -2.08. The molecule has 1 unspecified atom stereocenters. The molecule has 0 amide bonds. The van der Waals surface area contributed by atoms with E-state index in [9.17, 15) is 10.2 Å². The van der Waals surface area contributed by atoms with Gasteiger partial charge in [0, 0.05) is 0 Å². The summed E-state index contributed by atoms with van der Waals surface area (Å²) in [6.07, 6.45) is 5.43. The summed E-state index contributed by atoms with van der Waals surface area (Å²) < 4.78 is 0. The number of benzene rings is 2. The number of phenolic OH excluding ortho intramolecular Hbond substituents is 1. The largest absolute Gasteiger partial charge is 0.507 e. The van der Waals surface area contributed by atoms with Gasteiger partial charge in [0.15, 0.2) is 0 Å². The van der Waals surface area contributed by atoms with Gasteiger partial charge in [-0.2, -0.15) is 0 Å². The van der Waals surface area contributed by atoms with E-state index in [0.717, 1.165) is 35.1 Å². The van der Waals surface area contributed by atoms with Crippen LogP contribution in [-0.2, 0) is 0 Å². The van der Waals surface area contributed by atoms with Crippen molar-refractivity contribution in [2.75, 3.05) is 0 Å². The minimum absolute atomic E-state index is 0.374. The van der Waals surface area contributed by atoms with E-state index in [1.165, 1.54) is 19.3 Å². The second-order valence-corrected chi connectivity index (χ2v) is 6.37. The molecule has 2 aromatic carbocycles. The molecule has 3 rings (SSSR count). The molecule has 0 aliphatic heterocycles. The highest BCUT2D eigenvalue weighted by molar-refractivity contribution is 5.49. The van der Waals surface area contributed by atoms with Crippen LogP contribution in [0.5, 0.6) is 5.75 Å². The Hall–Kier alpha value is -1.80. The van der Waals surface area contributed by atoms with Gasteiger partial charge in [0.25, 0.3) is 0 Å². The maximum absolute atomic E-state index is 10.6. The van der Waals surface area contributed by atoms with Crippen molar-refractivity contribution < 1.29 is 10.2 Å². The highest BCUT2D eigenvalue weighted by Gasteiger charge is 2.22. The molecule has 0 saturated heterocycles. The Kier molecular flexibility index (Phi) is 4.49. The van der Waals surface area contributed by atoms with Gasteiger partial charge in [-0.1, -0.05) is 61.7 Å². The first-order chi connectivity index (χ1) is 10.7. The van der Waals surface area contributed by atoms with Gasteiger partial charge in [-0.25, -0.2) is 0 Å². The standard InChI is InChI=1S/C20H24O2/c1-14-17(20(22)16-10-6-3-7-11-16)12-13-18(19(14)21)15-8-4-2-5-9-15/h3,6-7,10-13,15,20-22H,2,4-5,8-9H2,1H3. The van der Waals surface area contributed by atoms with E-state index in [-0.39, 0.29) is 0 Å². The van der Waals surface area contributed by atoms with E-state index < -0.39 is 6.10 Å². The van der Waals surface area contributed by atoms with Crippen molar-refractivity contribution in [1.82, 2.24) is 0 Å². The second kappa shape index (κ2) is 6.53. The fourth-order valence-electron chi connectivity index (χ4n) is 3.59. The number of hydrogen-bond donors (Lipinski definition) is 2. The quantitative estimate of drug-likeness (QED) is 0.851. The number of aromatic hydroxyl groups is 1. The Balaban J connectivity index is 1.92. The first-order valence-electron chi connectivity index (χ1n) is 8.24. The lowest BCUT2D eigenvalue weighted by atomic mass is 9.82. The molecule has 22 heavy (non-hydrogen) atoms. The number of phenols is 1. The van der Waals surface area contributed by atoms with Gasteiger partial charge >= 0.3 is 0 Å². The van der Waals surface area contributed by atoms with Gasteiger partial charge in [-0.15, -0.1) is 0 Å². The van der Waals surface area contributed by atoms with Crippen LogP contribution in [0, 0.1) is 6.92 Å². The van der Waals surface area contributed by atoms with E-state index in [0.29, 0.717) is 11.7 Å². The van der Waals surface area contributed by atoms with Crippen LogP contribution < -0.4 is 0 Å². The van der Waals surface area contributed by atoms with Crippen LogP contribution in [0.15, 0.2) is 42.5 Å². The second-order valence-electron chi connectivity index (χ2n) is 6.37. The molecule has 0 radical (unpaired) electrons. The van der Waals surface area contributed by atoms with Crippen molar-refractivity contribution in [3.8, 4) is 5.75 Å². The maximum Gasteiger partial charge on any atom is 0.122 e. The smallest absolute Gasteiger partial charge is 0.122 e. The van der Waals surface area contributed by atoms with Crippen molar-refractivity contribution in [3.05, 3.63) is 64.7 Å². The molecule has 0 aromatic heterocycles. The Morgan fingerprint density at radius 1 is 0.955 bits per heavy atom. The molecular weight excluding hydrogens is 272 g/mol. The van der Waals surface area contributed by atoms with Crippen LogP contribution in [0.3, 0.4) is 0 Å². The molecule has 116 valence electrons. The molecular formula is C20H24O2. The summed E-state index contributed by atoms with van der Waals surface area (Å²) in [5.41, 5.74) is 3.51. The van der Waals surface area contributed by atoms with Gasteiger partial charge in [0.2, 0.25) is 0 Å². The van der Waals surface area contributed by atoms with E-state index in [4.69, 9.17) is 0 Å². The molecule has 2 N–H and O–H groups in total. The van der Waals surface area contributed by atoms with Crippen molar-refractivity contribution in [2.24, 2.45) is 0 Å². The zero-order valence-electron chi connectivity index (χ0n) is 13.1. The molecule has 1 fully saturated rings. The highest BCUT2D eigenvalue weighted by atomic mass is 16.3. The molecule has 0 spiro atoms. The summed E-state index contributed by atoms with van der Waals surface area (Å²) in [7, 11) is 0. The zero-order valence-corrected chi connectivity index (χ0v) is 13.1. The monoisotopic (exact) mass is 296 g/mol. The van der Waals surface area contributed by atoms with Crippen LogP contribution in [0.2, 0.25) is 0 Å². The van der Waals surface area contributed by atoms with Gasteiger partial charge in [0.05, 0.1) is 0 Å². The third kappa shape index (κ3) is 2.89. The van der Waals surface area contributed by atoms with Gasteiger partial charge in [0.1, 0.15) is 11.9 Å². The van der Waals surface area contributed by atoms with Gasteiger partial charge in [-0.05, 0) is 47.9 Å². The summed E-state index contributed by atoms with van der Waals surface area (Å²) in [4.78, 5) is 0. The first-order valence-corrected chi connectivity index (χ1v) is 8.24. The first kappa shape index (κ1) is 15.1. The van der Waals surface area contributed by atoms with E-state index in [2.05, 4.69) is 0 Å². The van der Waals surface area contributed by atoms with Crippen LogP contribution >= 0.6 is 0 Å². The molecule has 0 bridgehead atoms. The Labute approximate surface area is 132 Å². The predicted octanol–water partition coefficient (Wildman–Crippen LogP) is 4.83. The molecule has 1 atom stereocenters. The van der Waals surface area contributed by atoms with Gasteiger partial charge in [-0.3, -0.25) is 0 Å². The van der Waals surface area contributed by atoms with E-state index in [1.54, 1.807) is 0 Å².